The minimum Gasteiger partial charge on any atom is -0.487 e. The monoisotopic (exact) mass is 361 g/mol. The molecular formula is C19H20FNO3S. The minimum atomic E-state index is -0.939. The zero-order valence-corrected chi connectivity index (χ0v) is 14.6. The smallest absolute Gasteiger partial charge is 0.303 e. The van der Waals surface area contributed by atoms with Crippen LogP contribution in [-0.4, -0.2) is 21.3 Å². The third-order valence-electron chi connectivity index (χ3n) is 4.14. The predicted octanol–water partition coefficient (Wildman–Crippen LogP) is 4.46. The van der Waals surface area contributed by atoms with E-state index < -0.39 is 11.8 Å². The molecule has 2 aromatic rings. The average Bonchev–Trinajstić information content (AvgIpc) is 2.56. The van der Waals surface area contributed by atoms with Gasteiger partial charge in [0.05, 0.1) is 10.7 Å². The fourth-order valence-electron chi connectivity index (χ4n) is 2.48. The van der Waals surface area contributed by atoms with Gasteiger partial charge in [-0.3, -0.25) is 4.79 Å². The van der Waals surface area contributed by atoms with Crippen LogP contribution in [-0.2, 0) is 17.8 Å². The number of rotatable bonds is 8. The lowest BCUT2D eigenvalue weighted by Crippen LogP contribution is -2.13. The second-order valence-corrected chi connectivity index (χ2v) is 7.39. The molecule has 0 atom stereocenters. The van der Waals surface area contributed by atoms with Gasteiger partial charge in [-0.2, -0.15) is 0 Å². The quantitative estimate of drug-likeness (QED) is 0.752. The number of nitrogens with zero attached hydrogens (tertiary/aromatic N) is 1. The number of aliphatic carboxylic acids is 1. The number of hydrogen-bond acceptors (Lipinski definition) is 4. The highest BCUT2D eigenvalue weighted by Crippen LogP contribution is 2.35. The average molecular weight is 361 g/mol. The summed E-state index contributed by atoms with van der Waals surface area (Å²) < 4.78 is 19.6. The molecule has 0 amide bonds. The Balaban J connectivity index is 1.56. The van der Waals surface area contributed by atoms with E-state index in [2.05, 4.69) is 4.98 Å². The Morgan fingerprint density at radius 2 is 2.16 bits per heavy atom. The standard InChI is InChI=1S/C19H20FNO3S/c20-17-11-15(9-7-13(17)8-10-19(22)23)24-12-14-3-1-6-18(21-14)25-16-4-2-5-16/h1,3,6-7,9,11,16H,2,4-5,8,10,12H2,(H,22,23). The molecule has 0 aliphatic heterocycles. The number of carbonyl (C=O) groups is 1. The van der Waals surface area contributed by atoms with Crippen LogP contribution in [0, 0.1) is 5.82 Å². The van der Waals surface area contributed by atoms with Gasteiger partial charge in [-0.25, -0.2) is 9.37 Å². The Labute approximate surface area is 150 Å². The zero-order valence-electron chi connectivity index (χ0n) is 13.8. The Kier molecular flexibility index (Phi) is 5.91. The summed E-state index contributed by atoms with van der Waals surface area (Å²) in [6.07, 6.45) is 3.88. The number of ether oxygens (including phenoxy) is 1. The number of pyridine rings is 1. The van der Waals surface area contributed by atoms with Crippen molar-refractivity contribution in [3.8, 4) is 5.75 Å². The molecule has 0 saturated heterocycles. The molecule has 1 aromatic carbocycles. The highest BCUT2D eigenvalue weighted by atomic mass is 32.2. The van der Waals surface area contributed by atoms with Crippen molar-refractivity contribution in [2.24, 2.45) is 0 Å². The largest absolute Gasteiger partial charge is 0.487 e. The fourth-order valence-corrected chi connectivity index (χ4v) is 3.72. The molecule has 0 spiro atoms. The van der Waals surface area contributed by atoms with Crippen LogP contribution in [0.4, 0.5) is 4.39 Å². The maximum Gasteiger partial charge on any atom is 0.303 e. The molecular weight excluding hydrogens is 341 g/mol. The molecule has 1 saturated carbocycles. The second kappa shape index (κ2) is 8.34. The summed E-state index contributed by atoms with van der Waals surface area (Å²) in [4.78, 5) is 15.1. The molecule has 132 valence electrons. The number of carboxylic acids is 1. The number of thioether (sulfide) groups is 1. The van der Waals surface area contributed by atoms with Gasteiger partial charge in [0.2, 0.25) is 0 Å². The third-order valence-corrected chi connectivity index (χ3v) is 5.41. The first-order valence-electron chi connectivity index (χ1n) is 8.36. The fraction of sp³-hybridized carbons (Fsp3) is 0.368. The van der Waals surface area contributed by atoms with Crippen LogP contribution >= 0.6 is 11.8 Å². The number of aryl methyl sites for hydroxylation is 1. The van der Waals surface area contributed by atoms with E-state index in [0.717, 1.165) is 10.7 Å². The van der Waals surface area contributed by atoms with Crippen molar-refractivity contribution in [1.29, 1.82) is 0 Å². The van der Waals surface area contributed by atoms with E-state index >= 15 is 0 Å². The van der Waals surface area contributed by atoms with Gasteiger partial charge >= 0.3 is 5.97 Å². The highest BCUT2D eigenvalue weighted by Gasteiger charge is 2.19. The van der Waals surface area contributed by atoms with E-state index in [4.69, 9.17) is 9.84 Å². The first-order chi connectivity index (χ1) is 12.1. The van der Waals surface area contributed by atoms with E-state index in [-0.39, 0.29) is 19.4 Å². The molecule has 25 heavy (non-hydrogen) atoms. The Hall–Kier alpha value is -2.08. The maximum absolute atomic E-state index is 14.0. The normalized spacial score (nSPS) is 14.1. The number of carboxylic acid groups (broad SMARTS) is 1. The van der Waals surface area contributed by atoms with Crippen LogP contribution in [0.15, 0.2) is 41.4 Å². The molecule has 3 rings (SSSR count). The predicted molar refractivity (Wildman–Crippen MR) is 94.4 cm³/mol. The zero-order chi connectivity index (χ0) is 17.6. The first kappa shape index (κ1) is 17.7. The SMILES string of the molecule is O=C(O)CCc1ccc(OCc2cccc(SC3CCC3)n2)cc1F. The second-order valence-electron chi connectivity index (χ2n) is 6.07. The van der Waals surface area contributed by atoms with Crippen molar-refractivity contribution in [1.82, 2.24) is 4.98 Å². The molecule has 1 N–H and O–H groups in total. The summed E-state index contributed by atoms with van der Waals surface area (Å²) in [5, 5.41) is 10.3. The van der Waals surface area contributed by atoms with Crippen molar-refractivity contribution in [3.05, 3.63) is 53.5 Å². The van der Waals surface area contributed by atoms with Gasteiger partial charge in [0, 0.05) is 17.7 Å². The van der Waals surface area contributed by atoms with Crippen LogP contribution < -0.4 is 4.74 Å². The topological polar surface area (TPSA) is 59.4 Å². The molecule has 0 bridgehead atoms. The van der Waals surface area contributed by atoms with Crippen LogP contribution in [0.25, 0.3) is 0 Å². The molecule has 1 aliphatic carbocycles. The van der Waals surface area contributed by atoms with Gasteiger partial charge in [-0.15, -0.1) is 11.8 Å². The van der Waals surface area contributed by atoms with Gasteiger partial charge in [0.25, 0.3) is 0 Å². The molecule has 1 aromatic heterocycles. The lowest BCUT2D eigenvalue weighted by atomic mass is 10.0. The maximum atomic E-state index is 14.0. The van der Waals surface area contributed by atoms with Gasteiger partial charge in [-0.05, 0) is 43.0 Å². The lowest BCUT2D eigenvalue weighted by Gasteiger charge is -2.24. The highest BCUT2D eigenvalue weighted by molar-refractivity contribution is 7.99. The van der Waals surface area contributed by atoms with Crippen molar-refractivity contribution in [3.63, 3.8) is 0 Å². The van der Waals surface area contributed by atoms with Gasteiger partial charge < -0.3 is 9.84 Å². The van der Waals surface area contributed by atoms with Crippen molar-refractivity contribution in [2.45, 2.75) is 49.0 Å². The third kappa shape index (κ3) is 5.19. The first-order valence-corrected chi connectivity index (χ1v) is 9.24. The number of benzene rings is 1. The van der Waals surface area contributed by atoms with Crippen LogP contribution in [0.5, 0.6) is 5.75 Å². The van der Waals surface area contributed by atoms with E-state index in [9.17, 15) is 9.18 Å². The van der Waals surface area contributed by atoms with E-state index in [1.54, 1.807) is 23.9 Å². The lowest BCUT2D eigenvalue weighted by molar-refractivity contribution is -0.136. The minimum absolute atomic E-state index is 0.0908. The molecule has 1 fully saturated rings. The van der Waals surface area contributed by atoms with E-state index in [0.29, 0.717) is 16.6 Å². The molecule has 0 unspecified atom stereocenters. The summed E-state index contributed by atoms with van der Waals surface area (Å²) in [5.74, 6) is -0.970. The summed E-state index contributed by atoms with van der Waals surface area (Å²) >= 11 is 1.80. The van der Waals surface area contributed by atoms with Gasteiger partial charge in [0.15, 0.2) is 0 Å². The molecule has 1 heterocycles. The summed E-state index contributed by atoms with van der Waals surface area (Å²) in [5.41, 5.74) is 1.19. The molecule has 6 heteroatoms. The van der Waals surface area contributed by atoms with Crippen LogP contribution in [0.2, 0.25) is 0 Å². The molecule has 0 radical (unpaired) electrons. The van der Waals surface area contributed by atoms with Gasteiger partial charge in [-0.1, -0.05) is 18.6 Å². The number of aromatic nitrogens is 1. The Morgan fingerprint density at radius 3 is 2.84 bits per heavy atom. The molecule has 1 aliphatic rings. The van der Waals surface area contributed by atoms with Gasteiger partial charge in [0.1, 0.15) is 18.2 Å². The van der Waals surface area contributed by atoms with E-state index in [1.807, 2.05) is 18.2 Å². The number of halogens is 1. The Morgan fingerprint density at radius 1 is 1.32 bits per heavy atom. The number of hydrogen-bond donors (Lipinski definition) is 1. The molecule has 4 nitrogen and oxygen atoms in total. The Bertz CT molecular complexity index is 749. The summed E-state index contributed by atoms with van der Waals surface area (Å²) in [6.45, 7) is 0.271. The summed E-state index contributed by atoms with van der Waals surface area (Å²) in [7, 11) is 0. The van der Waals surface area contributed by atoms with Crippen molar-refractivity contribution < 1.29 is 19.0 Å². The summed E-state index contributed by atoms with van der Waals surface area (Å²) in [6, 6.07) is 10.4. The van der Waals surface area contributed by atoms with E-state index in [1.165, 1.54) is 25.3 Å². The van der Waals surface area contributed by atoms with Crippen molar-refractivity contribution >= 4 is 17.7 Å². The van der Waals surface area contributed by atoms with Crippen LogP contribution in [0.3, 0.4) is 0 Å². The van der Waals surface area contributed by atoms with Crippen molar-refractivity contribution in [2.75, 3.05) is 0 Å². The van der Waals surface area contributed by atoms with Crippen LogP contribution in [0.1, 0.15) is 36.9 Å².